The Morgan fingerprint density at radius 3 is 2.69 bits per heavy atom. The molecule has 3 heteroatoms. The molecule has 0 atom stereocenters. The van der Waals surface area contributed by atoms with Gasteiger partial charge in [-0.25, -0.2) is 4.37 Å². The van der Waals surface area contributed by atoms with Crippen LogP contribution in [0.2, 0.25) is 0 Å². The summed E-state index contributed by atoms with van der Waals surface area (Å²) < 4.78 is 4.13. The maximum atomic E-state index is 5.60. The van der Waals surface area contributed by atoms with Crippen molar-refractivity contribution in [3.63, 3.8) is 0 Å². The van der Waals surface area contributed by atoms with Gasteiger partial charge in [-0.2, -0.15) is 0 Å². The molecule has 0 fully saturated rings. The minimum atomic E-state index is 0.556. The molecule has 1 aromatic carbocycles. The lowest BCUT2D eigenvalue weighted by atomic mass is 10.1. The number of nitrogens with zero attached hydrogens (tertiary/aromatic N) is 1. The molecule has 2 aromatic rings. The third-order valence-corrected chi connectivity index (χ3v) is 2.79. The molecule has 2 rings (SSSR count). The van der Waals surface area contributed by atoms with Crippen LogP contribution in [0.5, 0.6) is 0 Å². The Morgan fingerprint density at radius 1 is 1.23 bits per heavy atom. The normalized spacial score (nSPS) is 10.2. The second kappa shape index (κ2) is 3.68. The first-order valence-corrected chi connectivity index (χ1v) is 4.88. The van der Waals surface area contributed by atoms with E-state index in [0.717, 1.165) is 5.56 Å². The summed E-state index contributed by atoms with van der Waals surface area (Å²) in [6.45, 7) is 0.556. The van der Waals surface area contributed by atoms with Crippen LogP contribution < -0.4 is 5.73 Å². The highest BCUT2D eigenvalue weighted by Crippen LogP contribution is 2.26. The van der Waals surface area contributed by atoms with Crippen molar-refractivity contribution in [2.75, 3.05) is 0 Å². The third-order valence-electron chi connectivity index (χ3n) is 1.90. The Hall–Kier alpha value is -1.19. The van der Waals surface area contributed by atoms with E-state index in [1.54, 1.807) is 0 Å². The Balaban J connectivity index is 2.47. The van der Waals surface area contributed by atoms with Crippen LogP contribution in [0, 0.1) is 0 Å². The Kier molecular flexibility index (Phi) is 2.38. The van der Waals surface area contributed by atoms with Crippen LogP contribution in [0.15, 0.2) is 36.5 Å². The first kappa shape index (κ1) is 8.41. The molecule has 0 amide bonds. The van der Waals surface area contributed by atoms with Crippen molar-refractivity contribution < 1.29 is 0 Å². The van der Waals surface area contributed by atoms with Gasteiger partial charge < -0.3 is 5.73 Å². The molecule has 0 aliphatic carbocycles. The second-order valence-electron chi connectivity index (χ2n) is 2.75. The summed E-state index contributed by atoms with van der Waals surface area (Å²) in [6.07, 6.45) is 1.84. The zero-order chi connectivity index (χ0) is 9.10. The molecule has 1 aromatic heterocycles. The lowest BCUT2D eigenvalue weighted by molar-refractivity contribution is 1.08. The maximum Gasteiger partial charge on any atom is 0.0594 e. The van der Waals surface area contributed by atoms with E-state index in [1.165, 1.54) is 22.0 Å². The smallest absolute Gasteiger partial charge is 0.0594 e. The van der Waals surface area contributed by atoms with Gasteiger partial charge in [-0.05, 0) is 17.1 Å². The minimum Gasteiger partial charge on any atom is -0.326 e. The summed E-state index contributed by atoms with van der Waals surface area (Å²) in [5.41, 5.74) is 7.92. The first-order valence-electron chi connectivity index (χ1n) is 4.11. The van der Waals surface area contributed by atoms with Crippen LogP contribution >= 0.6 is 11.5 Å². The Labute approximate surface area is 81.2 Å². The van der Waals surface area contributed by atoms with Gasteiger partial charge in [-0.3, -0.25) is 0 Å². The predicted octanol–water partition coefficient (Wildman–Crippen LogP) is 2.27. The van der Waals surface area contributed by atoms with E-state index < -0.39 is 0 Å². The highest BCUT2D eigenvalue weighted by molar-refractivity contribution is 7.09. The summed E-state index contributed by atoms with van der Waals surface area (Å²) in [5.74, 6) is 0. The molecule has 0 saturated heterocycles. The average molecular weight is 190 g/mol. The summed E-state index contributed by atoms with van der Waals surface area (Å²) in [5, 5.41) is 0. The van der Waals surface area contributed by atoms with Gasteiger partial charge in [0, 0.05) is 18.3 Å². The molecule has 2 nitrogen and oxygen atoms in total. The first-order chi connectivity index (χ1) is 6.42. The van der Waals surface area contributed by atoms with Crippen molar-refractivity contribution in [1.29, 1.82) is 0 Å². The lowest BCUT2D eigenvalue weighted by Crippen LogP contribution is -1.95. The van der Waals surface area contributed by atoms with Crippen LogP contribution in [0.3, 0.4) is 0 Å². The van der Waals surface area contributed by atoms with E-state index in [-0.39, 0.29) is 0 Å². The number of nitrogens with two attached hydrogens (primary N) is 1. The summed E-state index contributed by atoms with van der Waals surface area (Å²) in [4.78, 5) is 1.18. The van der Waals surface area contributed by atoms with E-state index in [1.807, 2.05) is 24.4 Å². The van der Waals surface area contributed by atoms with Crippen LogP contribution in [0.4, 0.5) is 0 Å². The van der Waals surface area contributed by atoms with E-state index in [0.29, 0.717) is 6.54 Å². The average Bonchev–Trinajstić information content (AvgIpc) is 2.67. The molecule has 0 spiro atoms. The fourth-order valence-electron chi connectivity index (χ4n) is 1.23. The molecule has 13 heavy (non-hydrogen) atoms. The number of aromatic nitrogens is 1. The monoisotopic (exact) mass is 190 g/mol. The van der Waals surface area contributed by atoms with Gasteiger partial charge in [0.15, 0.2) is 0 Å². The summed E-state index contributed by atoms with van der Waals surface area (Å²) >= 11 is 1.50. The van der Waals surface area contributed by atoms with Crippen molar-refractivity contribution >= 4 is 11.5 Å². The van der Waals surface area contributed by atoms with E-state index in [9.17, 15) is 0 Å². The molecule has 66 valence electrons. The quantitative estimate of drug-likeness (QED) is 0.789. The Bertz CT molecular complexity index is 381. The number of hydrogen-bond acceptors (Lipinski definition) is 3. The van der Waals surface area contributed by atoms with Gasteiger partial charge in [0.2, 0.25) is 0 Å². The van der Waals surface area contributed by atoms with Gasteiger partial charge in [0.05, 0.1) is 4.88 Å². The molecule has 2 N–H and O–H groups in total. The van der Waals surface area contributed by atoms with E-state index in [4.69, 9.17) is 5.73 Å². The molecule has 1 heterocycles. The van der Waals surface area contributed by atoms with E-state index in [2.05, 4.69) is 16.5 Å². The van der Waals surface area contributed by atoms with Gasteiger partial charge in [-0.15, -0.1) is 0 Å². The van der Waals surface area contributed by atoms with Crippen LogP contribution in [0.1, 0.15) is 5.56 Å². The maximum absolute atomic E-state index is 5.60. The second-order valence-corrected chi connectivity index (χ2v) is 3.55. The van der Waals surface area contributed by atoms with Crippen molar-refractivity contribution in [3.8, 4) is 10.4 Å². The predicted molar refractivity (Wildman–Crippen MR) is 55.4 cm³/mol. The van der Waals surface area contributed by atoms with Gasteiger partial charge in [0.1, 0.15) is 0 Å². The molecular formula is C10H10N2S. The SMILES string of the molecule is NCc1cnsc1-c1ccccc1. The molecule has 0 aliphatic heterocycles. The van der Waals surface area contributed by atoms with Gasteiger partial charge in [-0.1, -0.05) is 30.3 Å². The third kappa shape index (κ3) is 1.61. The number of hydrogen-bond donors (Lipinski definition) is 1. The fourth-order valence-corrected chi connectivity index (χ4v) is 2.01. The highest BCUT2D eigenvalue weighted by Gasteiger charge is 2.05. The molecule has 0 bridgehead atoms. The minimum absolute atomic E-state index is 0.556. The van der Waals surface area contributed by atoms with Crippen molar-refractivity contribution in [2.45, 2.75) is 6.54 Å². The van der Waals surface area contributed by atoms with Gasteiger partial charge in [0.25, 0.3) is 0 Å². The summed E-state index contributed by atoms with van der Waals surface area (Å²) in [7, 11) is 0. The molecule has 0 aliphatic rings. The molecule has 0 unspecified atom stereocenters. The van der Waals surface area contributed by atoms with E-state index >= 15 is 0 Å². The van der Waals surface area contributed by atoms with Crippen LogP contribution in [-0.2, 0) is 6.54 Å². The fraction of sp³-hybridized carbons (Fsp3) is 0.100. The highest BCUT2D eigenvalue weighted by atomic mass is 32.1. The number of rotatable bonds is 2. The van der Waals surface area contributed by atoms with Gasteiger partial charge >= 0.3 is 0 Å². The zero-order valence-electron chi connectivity index (χ0n) is 7.10. The van der Waals surface area contributed by atoms with Crippen molar-refractivity contribution in [3.05, 3.63) is 42.1 Å². The molecular weight excluding hydrogens is 180 g/mol. The lowest BCUT2D eigenvalue weighted by Gasteiger charge is -1.98. The van der Waals surface area contributed by atoms with Crippen molar-refractivity contribution in [2.24, 2.45) is 5.73 Å². The Morgan fingerprint density at radius 2 is 2.00 bits per heavy atom. The standard InChI is InChI=1S/C10H10N2S/c11-6-9-7-12-13-10(9)8-4-2-1-3-5-8/h1-5,7H,6,11H2. The largest absolute Gasteiger partial charge is 0.326 e. The van der Waals surface area contributed by atoms with Crippen molar-refractivity contribution in [1.82, 2.24) is 4.37 Å². The topological polar surface area (TPSA) is 38.9 Å². The van der Waals surface area contributed by atoms with Crippen LogP contribution in [-0.4, -0.2) is 4.37 Å². The molecule has 0 saturated carbocycles. The summed E-state index contributed by atoms with van der Waals surface area (Å²) in [6, 6.07) is 10.2. The van der Waals surface area contributed by atoms with Crippen LogP contribution in [0.25, 0.3) is 10.4 Å². The number of benzene rings is 1. The zero-order valence-corrected chi connectivity index (χ0v) is 7.92. The molecule has 0 radical (unpaired) electrons.